The van der Waals surface area contributed by atoms with E-state index in [9.17, 15) is 0 Å². The van der Waals surface area contributed by atoms with Gasteiger partial charge in [0.25, 0.3) is 0 Å². The second-order valence-electron chi connectivity index (χ2n) is 5.03. The molecule has 0 saturated heterocycles. The molecule has 0 atom stereocenters. The van der Waals surface area contributed by atoms with Crippen LogP contribution in [0.4, 0.5) is 0 Å². The molecule has 1 aromatic carbocycles. The van der Waals surface area contributed by atoms with Gasteiger partial charge in [0.05, 0.1) is 0 Å². The summed E-state index contributed by atoms with van der Waals surface area (Å²) in [5.74, 6) is 0.872. The van der Waals surface area contributed by atoms with Crippen molar-refractivity contribution >= 4 is 5.96 Å². The van der Waals surface area contributed by atoms with Crippen molar-refractivity contribution in [1.29, 1.82) is 0 Å². The smallest absolute Gasteiger partial charge is 0.190 e. The van der Waals surface area contributed by atoms with E-state index in [0.717, 1.165) is 12.5 Å². The lowest BCUT2D eigenvalue weighted by Crippen LogP contribution is -2.43. The van der Waals surface area contributed by atoms with Crippen LogP contribution >= 0.6 is 0 Å². The van der Waals surface area contributed by atoms with E-state index >= 15 is 0 Å². The number of aliphatic imine (C=N–C) groups is 1. The van der Waals surface area contributed by atoms with Gasteiger partial charge in [-0.1, -0.05) is 43.2 Å². The molecule has 0 spiro atoms. The molecule has 0 bridgehead atoms. The summed E-state index contributed by atoms with van der Waals surface area (Å²) in [5.41, 5.74) is 1.75. The Morgan fingerprint density at radius 1 is 1.22 bits per heavy atom. The first kappa shape index (κ1) is 12.9. The van der Waals surface area contributed by atoms with Gasteiger partial charge in [0.1, 0.15) is 0 Å². The third-order valence-corrected chi connectivity index (χ3v) is 4.00. The maximum Gasteiger partial charge on any atom is 0.190 e. The molecule has 2 N–H and O–H groups in total. The number of hydrogen-bond donors (Lipinski definition) is 2. The van der Waals surface area contributed by atoms with Gasteiger partial charge in [-0.2, -0.15) is 0 Å². The van der Waals surface area contributed by atoms with Gasteiger partial charge in [0.2, 0.25) is 0 Å². The monoisotopic (exact) mass is 245 g/mol. The lowest BCUT2D eigenvalue weighted by molar-refractivity contribution is 0.432. The van der Waals surface area contributed by atoms with Gasteiger partial charge in [0, 0.05) is 26.1 Å². The Balaban J connectivity index is 2.13. The van der Waals surface area contributed by atoms with Gasteiger partial charge >= 0.3 is 0 Å². The molecule has 3 heteroatoms. The summed E-state index contributed by atoms with van der Waals surface area (Å²) < 4.78 is 0. The second kappa shape index (κ2) is 5.89. The molecule has 1 saturated carbocycles. The van der Waals surface area contributed by atoms with E-state index in [1.54, 1.807) is 0 Å². The van der Waals surface area contributed by atoms with Crippen LogP contribution in [0.25, 0.3) is 0 Å². The molecule has 1 aliphatic rings. The Morgan fingerprint density at radius 3 is 2.44 bits per heavy atom. The van der Waals surface area contributed by atoms with E-state index in [4.69, 9.17) is 0 Å². The highest BCUT2D eigenvalue weighted by Gasteiger charge is 2.35. The molecule has 98 valence electrons. The Labute approximate surface area is 110 Å². The molecule has 1 aliphatic carbocycles. The minimum atomic E-state index is 0.286. The first-order valence-electron chi connectivity index (χ1n) is 6.75. The van der Waals surface area contributed by atoms with E-state index < -0.39 is 0 Å². The minimum absolute atomic E-state index is 0.286. The Morgan fingerprint density at radius 2 is 1.89 bits per heavy atom. The van der Waals surface area contributed by atoms with Gasteiger partial charge in [-0.25, -0.2) is 0 Å². The first-order valence-corrected chi connectivity index (χ1v) is 6.75. The number of guanidine groups is 1. The molecule has 2 rings (SSSR count). The average Bonchev–Trinajstić information content (AvgIpc) is 2.91. The minimum Gasteiger partial charge on any atom is -0.359 e. The summed E-state index contributed by atoms with van der Waals surface area (Å²) in [6.07, 6.45) is 5.19. The van der Waals surface area contributed by atoms with E-state index in [1.165, 1.54) is 31.2 Å². The summed E-state index contributed by atoms with van der Waals surface area (Å²) in [5, 5.41) is 6.52. The zero-order valence-electron chi connectivity index (χ0n) is 11.4. The summed E-state index contributed by atoms with van der Waals surface area (Å²) in [6.45, 7) is 0.963. The van der Waals surface area contributed by atoms with Crippen LogP contribution in [0, 0.1) is 0 Å². The normalized spacial score (nSPS) is 18.7. The third kappa shape index (κ3) is 2.66. The predicted molar refractivity (Wildman–Crippen MR) is 77.0 cm³/mol. The van der Waals surface area contributed by atoms with Crippen LogP contribution in [-0.2, 0) is 5.41 Å². The zero-order valence-corrected chi connectivity index (χ0v) is 11.4. The molecule has 18 heavy (non-hydrogen) atoms. The van der Waals surface area contributed by atoms with Crippen LogP contribution in [-0.4, -0.2) is 26.6 Å². The van der Waals surface area contributed by atoms with Crippen LogP contribution in [0.15, 0.2) is 35.3 Å². The van der Waals surface area contributed by atoms with Crippen molar-refractivity contribution in [3.8, 4) is 0 Å². The van der Waals surface area contributed by atoms with Crippen molar-refractivity contribution in [2.45, 2.75) is 31.1 Å². The molecule has 0 aromatic heterocycles. The molecule has 1 aromatic rings. The van der Waals surface area contributed by atoms with Crippen molar-refractivity contribution in [2.24, 2.45) is 4.99 Å². The lowest BCUT2D eigenvalue weighted by atomic mass is 9.79. The highest BCUT2D eigenvalue weighted by Crippen LogP contribution is 2.40. The van der Waals surface area contributed by atoms with Gasteiger partial charge in [0.15, 0.2) is 5.96 Å². The molecule has 3 nitrogen and oxygen atoms in total. The Kier molecular flexibility index (Phi) is 4.24. The average molecular weight is 245 g/mol. The van der Waals surface area contributed by atoms with Crippen molar-refractivity contribution in [3.05, 3.63) is 35.9 Å². The standard InChI is InChI=1S/C15H23N3/c1-16-14(17-2)18-12-15(10-6-7-11-15)13-8-4-3-5-9-13/h3-5,8-9H,6-7,10-12H2,1-2H3,(H2,16,17,18). The number of nitrogens with zero attached hydrogens (tertiary/aromatic N) is 1. The van der Waals surface area contributed by atoms with Gasteiger partial charge in [-0.3, -0.25) is 4.99 Å². The fourth-order valence-electron chi connectivity index (χ4n) is 2.94. The molecule has 0 unspecified atom stereocenters. The number of hydrogen-bond acceptors (Lipinski definition) is 1. The molecular formula is C15H23N3. The van der Waals surface area contributed by atoms with Crippen molar-refractivity contribution in [2.75, 3.05) is 20.6 Å². The molecule has 1 fully saturated rings. The summed E-state index contributed by atoms with van der Waals surface area (Å²) in [6, 6.07) is 10.9. The predicted octanol–water partition coefficient (Wildman–Crippen LogP) is 2.29. The Bertz CT molecular complexity index is 391. The first-order chi connectivity index (χ1) is 8.80. The maximum atomic E-state index is 4.19. The molecule has 0 aliphatic heterocycles. The summed E-state index contributed by atoms with van der Waals surface area (Å²) in [7, 11) is 3.71. The van der Waals surface area contributed by atoms with Crippen LogP contribution in [0.5, 0.6) is 0 Å². The van der Waals surface area contributed by atoms with Gasteiger partial charge < -0.3 is 10.6 Å². The van der Waals surface area contributed by atoms with Gasteiger partial charge in [-0.05, 0) is 18.4 Å². The van der Waals surface area contributed by atoms with Crippen molar-refractivity contribution in [1.82, 2.24) is 10.6 Å². The molecule has 0 radical (unpaired) electrons. The molecule has 0 heterocycles. The van der Waals surface area contributed by atoms with Crippen molar-refractivity contribution < 1.29 is 0 Å². The topological polar surface area (TPSA) is 36.4 Å². The SMILES string of the molecule is CN=C(NC)NCC1(c2ccccc2)CCCC1. The summed E-state index contributed by atoms with van der Waals surface area (Å²) in [4.78, 5) is 4.19. The number of nitrogens with one attached hydrogen (secondary N) is 2. The quantitative estimate of drug-likeness (QED) is 0.633. The van der Waals surface area contributed by atoms with Gasteiger partial charge in [-0.15, -0.1) is 0 Å². The van der Waals surface area contributed by atoms with Crippen LogP contribution in [0.3, 0.4) is 0 Å². The third-order valence-electron chi connectivity index (χ3n) is 4.00. The second-order valence-corrected chi connectivity index (χ2v) is 5.03. The fraction of sp³-hybridized carbons (Fsp3) is 0.533. The fourth-order valence-corrected chi connectivity index (χ4v) is 2.94. The van der Waals surface area contributed by atoms with Crippen LogP contribution < -0.4 is 10.6 Å². The van der Waals surface area contributed by atoms with E-state index in [1.807, 2.05) is 14.1 Å². The van der Waals surface area contributed by atoms with E-state index in [0.29, 0.717) is 0 Å². The van der Waals surface area contributed by atoms with Crippen LogP contribution in [0.2, 0.25) is 0 Å². The van der Waals surface area contributed by atoms with E-state index in [2.05, 4.69) is 46.0 Å². The van der Waals surface area contributed by atoms with Crippen LogP contribution in [0.1, 0.15) is 31.2 Å². The number of benzene rings is 1. The molecular weight excluding hydrogens is 222 g/mol. The molecule has 0 amide bonds. The lowest BCUT2D eigenvalue weighted by Gasteiger charge is -2.30. The number of rotatable bonds is 3. The zero-order chi connectivity index (χ0) is 12.8. The van der Waals surface area contributed by atoms with Crippen molar-refractivity contribution in [3.63, 3.8) is 0 Å². The highest BCUT2D eigenvalue weighted by molar-refractivity contribution is 5.79. The van der Waals surface area contributed by atoms with E-state index in [-0.39, 0.29) is 5.41 Å². The Hall–Kier alpha value is -1.51. The largest absolute Gasteiger partial charge is 0.359 e. The highest BCUT2D eigenvalue weighted by atomic mass is 15.2. The maximum absolute atomic E-state index is 4.19. The summed E-state index contributed by atoms with van der Waals surface area (Å²) >= 11 is 0.